The van der Waals surface area contributed by atoms with E-state index < -0.39 is 10.0 Å². The van der Waals surface area contributed by atoms with Gasteiger partial charge in [0, 0.05) is 17.1 Å². The van der Waals surface area contributed by atoms with Gasteiger partial charge in [-0.1, -0.05) is 41.9 Å². The lowest BCUT2D eigenvalue weighted by atomic mass is 10.1. The van der Waals surface area contributed by atoms with Gasteiger partial charge in [-0.2, -0.15) is 0 Å². The first-order chi connectivity index (χ1) is 14.4. The van der Waals surface area contributed by atoms with Crippen molar-refractivity contribution in [2.75, 3.05) is 10.8 Å². The fourth-order valence-electron chi connectivity index (χ4n) is 3.60. The molecule has 1 unspecified atom stereocenters. The van der Waals surface area contributed by atoms with E-state index in [2.05, 4.69) is 5.32 Å². The summed E-state index contributed by atoms with van der Waals surface area (Å²) in [5.41, 5.74) is 2.99. The first-order valence-corrected chi connectivity index (χ1v) is 11.4. The third kappa shape index (κ3) is 3.93. The van der Waals surface area contributed by atoms with E-state index in [0.717, 1.165) is 11.1 Å². The molecule has 1 amide bonds. The lowest BCUT2D eigenvalue weighted by molar-refractivity contribution is 0.0940. The molecule has 7 heteroatoms. The van der Waals surface area contributed by atoms with Crippen molar-refractivity contribution in [2.24, 2.45) is 0 Å². The predicted molar refractivity (Wildman–Crippen MR) is 118 cm³/mol. The number of halogens is 1. The van der Waals surface area contributed by atoms with Gasteiger partial charge in [-0.15, -0.1) is 0 Å². The lowest BCUT2D eigenvalue weighted by Crippen LogP contribution is -2.29. The number of benzene rings is 3. The Morgan fingerprint density at radius 3 is 2.43 bits per heavy atom. The molecule has 4 rings (SSSR count). The number of nitrogens with zero attached hydrogens (tertiary/aromatic N) is 1. The minimum atomic E-state index is -3.68. The minimum Gasteiger partial charge on any atom is -0.346 e. The number of sulfonamides is 1. The highest BCUT2D eigenvalue weighted by Crippen LogP contribution is 2.34. The minimum absolute atomic E-state index is 0.131. The summed E-state index contributed by atoms with van der Waals surface area (Å²) in [6.07, 6.45) is 0.553. The lowest BCUT2D eigenvalue weighted by Gasteiger charge is -2.20. The molecule has 0 saturated heterocycles. The number of amides is 1. The smallest absolute Gasteiger partial charge is 0.264 e. The van der Waals surface area contributed by atoms with E-state index in [1.165, 1.54) is 16.4 Å². The molecule has 1 aliphatic heterocycles. The second kappa shape index (κ2) is 8.13. The van der Waals surface area contributed by atoms with Gasteiger partial charge in [0.2, 0.25) is 0 Å². The maximum Gasteiger partial charge on any atom is 0.264 e. The maximum absolute atomic E-state index is 13.0. The van der Waals surface area contributed by atoms with Gasteiger partial charge in [-0.25, -0.2) is 8.42 Å². The molecule has 154 valence electrons. The van der Waals surface area contributed by atoms with Crippen LogP contribution in [0.25, 0.3) is 0 Å². The van der Waals surface area contributed by atoms with Crippen molar-refractivity contribution in [2.45, 2.75) is 24.3 Å². The summed E-state index contributed by atoms with van der Waals surface area (Å²) in [4.78, 5) is 12.9. The number of rotatable bonds is 5. The Bertz CT molecular complexity index is 1180. The van der Waals surface area contributed by atoms with Gasteiger partial charge in [-0.3, -0.25) is 9.10 Å². The van der Waals surface area contributed by atoms with E-state index in [0.29, 0.717) is 29.2 Å². The number of carbonyl (C=O) groups is 1. The molecule has 3 aromatic carbocycles. The number of fused-ring (bicyclic) bond motifs is 1. The zero-order valence-electron chi connectivity index (χ0n) is 16.4. The summed E-state index contributed by atoms with van der Waals surface area (Å²) in [6, 6.07) is 20.9. The van der Waals surface area contributed by atoms with Crippen molar-refractivity contribution in [1.29, 1.82) is 0 Å². The molecule has 0 saturated carbocycles. The topological polar surface area (TPSA) is 66.5 Å². The summed E-state index contributed by atoms with van der Waals surface area (Å²) in [5, 5.41) is 3.48. The molecule has 0 aromatic heterocycles. The number of carbonyl (C=O) groups excluding carboxylic acids is 1. The highest BCUT2D eigenvalue weighted by atomic mass is 35.5. The molecule has 0 aliphatic carbocycles. The molecule has 1 aliphatic rings. The molecule has 0 fully saturated rings. The second-order valence-electron chi connectivity index (χ2n) is 7.23. The van der Waals surface area contributed by atoms with Gasteiger partial charge < -0.3 is 5.32 Å². The van der Waals surface area contributed by atoms with Crippen molar-refractivity contribution >= 4 is 33.2 Å². The molecule has 1 N–H and O–H groups in total. The van der Waals surface area contributed by atoms with Gasteiger partial charge in [0.1, 0.15) is 0 Å². The summed E-state index contributed by atoms with van der Waals surface area (Å²) < 4.78 is 27.5. The highest BCUT2D eigenvalue weighted by molar-refractivity contribution is 7.92. The van der Waals surface area contributed by atoms with Crippen molar-refractivity contribution in [3.63, 3.8) is 0 Å². The third-order valence-corrected chi connectivity index (χ3v) is 7.32. The Kier molecular flexibility index (Phi) is 5.54. The van der Waals surface area contributed by atoms with Crippen molar-refractivity contribution in [3.05, 3.63) is 94.5 Å². The van der Waals surface area contributed by atoms with Crippen LogP contribution in [0.5, 0.6) is 0 Å². The van der Waals surface area contributed by atoms with Gasteiger partial charge in [0.25, 0.3) is 15.9 Å². The number of anilines is 1. The largest absolute Gasteiger partial charge is 0.346 e. The van der Waals surface area contributed by atoms with Crippen molar-refractivity contribution in [3.8, 4) is 0 Å². The Balaban J connectivity index is 1.55. The maximum atomic E-state index is 13.0. The van der Waals surface area contributed by atoms with Gasteiger partial charge in [-0.05, 0) is 66.9 Å². The SMILES string of the molecule is CC(NC(=O)c1ccc2c(c1)CCN2S(=O)(=O)c1ccc(Cl)cc1)c1ccccc1. The molecule has 5 nitrogen and oxygen atoms in total. The van der Waals surface area contributed by atoms with Crippen LogP contribution < -0.4 is 9.62 Å². The first-order valence-electron chi connectivity index (χ1n) is 9.63. The number of nitrogens with one attached hydrogen (secondary N) is 1. The molecular weight excluding hydrogens is 420 g/mol. The molecule has 3 aromatic rings. The predicted octanol–water partition coefficient (Wildman–Crippen LogP) is 4.58. The van der Waals surface area contributed by atoms with Gasteiger partial charge in [0.05, 0.1) is 16.6 Å². The summed E-state index contributed by atoms with van der Waals surface area (Å²) in [6.45, 7) is 2.27. The number of hydrogen-bond donors (Lipinski definition) is 1. The van der Waals surface area contributed by atoms with E-state index >= 15 is 0 Å². The Hall–Kier alpha value is -2.83. The van der Waals surface area contributed by atoms with Crippen molar-refractivity contribution < 1.29 is 13.2 Å². The molecular formula is C23H21ClN2O3S. The standard InChI is InChI=1S/C23H21ClN2O3S/c1-16(17-5-3-2-4-6-17)25-23(27)19-7-12-22-18(15-19)13-14-26(22)30(28,29)21-10-8-20(24)9-11-21/h2-12,15-16H,13-14H2,1H3,(H,25,27). The Morgan fingerprint density at radius 1 is 1.03 bits per heavy atom. The van der Waals surface area contributed by atoms with Crippen LogP contribution in [0.4, 0.5) is 5.69 Å². The quantitative estimate of drug-likeness (QED) is 0.631. The average molecular weight is 441 g/mol. The Morgan fingerprint density at radius 2 is 1.73 bits per heavy atom. The Labute approximate surface area is 181 Å². The molecule has 0 radical (unpaired) electrons. The van der Waals surface area contributed by atoms with Crippen LogP contribution in [0.15, 0.2) is 77.7 Å². The van der Waals surface area contributed by atoms with Gasteiger partial charge >= 0.3 is 0 Å². The summed E-state index contributed by atoms with van der Waals surface area (Å²) in [7, 11) is -3.68. The van der Waals surface area contributed by atoms with Crippen LogP contribution in [0, 0.1) is 0 Å². The summed E-state index contributed by atoms with van der Waals surface area (Å²) >= 11 is 5.88. The van der Waals surface area contributed by atoms with Crippen LogP contribution in [-0.2, 0) is 16.4 Å². The molecule has 0 bridgehead atoms. The van der Waals surface area contributed by atoms with Crippen LogP contribution >= 0.6 is 11.6 Å². The van der Waals surface area contributed by atoms with E-state index in [1.54, 1.807) is 30.3 Å². The second-order valence-corrected chi connectivity index (χ2v) is 9.53. The molecule has 0 spiro atoms. The van der Waals surface area contributed by atoms with E-state index in [1.807, 2.05) is 37.3 Å². The monoisotopic (exact) mass is 440 g/mol. The average Bonchev–Trinajstić information content (AvgIpc) is 3.18. The van der Waals surface area contributed by atoms with Crippen LogP contribution in [0.2, 0.25) is 5.02 Å². The van der Waals surface area contributed by atoms with Crippen LogP contribution in [-0.4, -0.2) is 20.9 Å². The zero-order chi connectivity index (χ0) is 21.3. The zero-order valence-corrected chi connectivity index (χ0v) is 18.0. The normalized spacial score (nSPS) is 14.3. The highest BCUT2D eigenvalue weighted by Gasteiger charge is 2.31. The van der Waals surface area contributed by atoms with Crippen molar-refractivity contribution in [1.82, 2.24) is 5.32 Å². The fraction of sp³-hybridized carbons (Fsp3) is 0.174. The molecule has 1 atom stereocenters. The van der Waals surface area contributed by atoms with Crippen LogP contribution in [0.3, 0.4) is 0 Å². The first kappa shape index (κ1) is 20.4. The third-order valence-electron chi connectivity index (χ3n) is 5.24. The molecule has 1 heterocycles. The van der Waals surface area contributed by atoms with E-state index in [9.17, 15) is 13.2 Å². The van der Waals surface area contributed by atoms with Crippen LogP contribution in [0.1, 0.15) is 34.5 Å². The van der Waals surface area contributed by atoms with E-state index in [-0.39, 0.29) is 16.8 Å². The van der Waals surface area contributed by atoms with E-state index in [4.69, 9.17) is 11.6 Å². The number of hydrogen-bond acceptors (Lipinski definition) is 3. The van der Waals surface area contributed by atoms with Gasteiger partial charge in [0.15, 0.2) is 0 Å². The fourth-order valence-corrected chi connectivity index (χ4v) is 5.23. The molecule has 30 heavy (non-hydrogen) atoms. The summed E-state index contributed by atoms with van der Waals surface area (Å²) in [5.74, 6) is -0.187.